The number of aromatic hydroxyl groups is 1. The number of thioether (sulfide) groups is 1. The van der Waals surface area contributed by atoms with E-state index in [0.29, 0.717) is 12.8 Å². The Morgan fingerprint density at radius 2 is 1.47 bits per heavy atom. The number of unbranched alkanes of at least 4 members (excludes halogenated alkanes) is 2. The van der Waals surface area contributed by atoms with E-state index in [4.69, 9.17) is 9.84 Å². The van der Waals surface area contributed by atoms with Crippen LogP contribution in [-0.2, 0) is 9.53 Å². The molecule has 0 aliphatic rings. The van der Waals surface area contributed by atoms with Crippen LogP contribution in [0.1, 0.15) is 94.8 Å². The van der Waals surface area contributed by atoms with Gasteiger partial charge in [-0.15, -0.1) is 0 Å². The molecular formula is C35H49NO6S. The van der Waals surface area contributed by atoms with Gasteiger partial charge in [-0.2, -0.15) is 11.8 Å². The summed E-state index contributed by atoms with van der Waals surface area (Å²) >= 11 is 1.70. The van der Waals surface area contributed by atoms with E-state index in [2.05, 4.69) is 73.0 Å². The predicted molar refractivity (Wildman–Crippen MR) is 179 cm³/mol. The second kappa shape index (κ2) is 25.0. The molecule has 1 amide bonds. The summed E-state index contributed by atoms with van der Waals surface area (Å²) in [5, 5.41) is 21.0. The number of carboxylic acid groups (broad SMARTS) is 1. The first kappa shape index (κ1) is 37.5. The van der Waals surface area contributed by atoms with Gasteiger partial charge in [-0.1, -0.05) is 74.6 Å². The van der Waals surface area contributed by atoms with Gasteiger partial charge in [0.25, 0.3) is 0 Å². The Kier molecular flexibility index (Phi) is 21.8. The number of phenols is 1. The van der Waals surface area contributed by atoms with Crippen LogP contribution in [0.2, 0.25) is 0 Å². The number of carbonyl (C=O) groups excluding carboxylic acids is 2. The molecule has 43 heavy (non-hydrogen) atoms. The molecule has 0 fully saturated rings. The Morgan fingerprint density at radius 3 is 2.05 bits per heavy atom. The molecule has 3 N–H and O–H groups in total. The van der Waals surface area contributed by atoms with Crippen molar-refractivity contribution in [2.75, 3.05) is 17.7 Å². The largest absolute Gasteiger partial charge is 0.507 e. The van der Waals surface area contributed by atoms with Crippen LogP contribution >= 0.6 is 11.8 Å². The lowest BCUT2D eigenvalue weighted by Crippen LogP contribution is -2.19. The Hall–Kier alpha value is -3.52. The van der Waals surface area contributed by atoms with Gasteiger partial charge >= 0.3 is 12.1 Å². The fourth-order valence-electron chi connectivity index (χ4n) is 3.91. The number of allylic oxidation sites excluding steroid dienone is 10. The minimum Gasteiger partial charge on any atom is -0.507 e. The van der Waals surface area contributed by atoms with Gasteiger partial charge in [-0.05, 0) is 88.2 Å². The van der Waals surface area contributed by atoms with Crippen molar-refractivity contribution in [3.05, 3.63) is 84.5 Å². The number of ether oxygens (including phenoxy) is 1. The molecule has 0 heterocycles. The molecule has 236 valence electrons. The summed E-state index contributed by atoms with van der Waals surface area (Å²) in [5.74, 6) is -0.585. The third-order valence-electron chi connectivity index (χ3n) is 6.25. The van der Waals surface area contributed by atoms with Crippen molar-refractivity contribution in [2.45, 2.75) is 89.7 Å². The quantitative estimate of drug-likeness (QED) is 0.0642. The highest BCUT2D eigenvalue weighted by molar-refractivity contribution is 8.00. The van der Waals surface area contributed by atoms with Crippen LogP contribution in [0.3, 0.4) is 0 Å². The summed E-state index contributed by atoms with van der Waals surface area (Å²) in [5.41, 5.74) is -0.124. The summed E-state index contributed by atoms with van der Waals surface area (Å²) in [6.07, 6.45) is 31.0. The lowest BCUT2D eigenvalue weighted by atomic mass is 10.1. The molecule has 0 spiro atoms. The standard InChI is InChI=1S/C35H49NO6S/c1-3-5-6-7-8-9-10-11-12-13-14-15-16-17-18-19-20-21-27-43-33(4-2)32(38)23-22-26-42-35(41)36-29-24-25-31(37)30(28-29)34(39)40/h5-6,8-9,11-12,14-15,17-18,24-25,28,33,37H,3-4,7,10,13,16,19-23,26-27H2,1-2H3,(H,36,41)(H,39,40)/b6-5-,9-8-,12-11-,15-14-,18-17-/t33-/m0/s1. The minimum atomic E-state index is -1.30. The van der Waals surface area contributed by atoms with Gasteiger partial charge in [-0.3, -0.25) is 10.1 Å². The summed E-state index contributed by atoms with van der Waals surface area (Å²) in [6.45, 7) is 4.24. The first-order valence-electron chi connectivity index (χ1n) is 15.3. The molecule has 7 nitrogen and oxygen atoms in total. The molecule has 0 aromatic heterocycles. The van der Waals surface area contributed by atoms with Crippen molar-refractivity contribution >= 4 is 35.3 Å². The second-order valence-corrected chi connectivity index (χ2v) is 11.2. The van der Waals surface area contributed by atoms with Crippen molar-refractivity contribution in [1.82, 2.24) is 0 Å². The monoisotopic (exact) mass is 611 g/mol. The summed E-state index contributed by atoms with van der Waals surface area (Å²) < 4.78 is 5.11. The molecule has 0 radical (unpaired) electrons. The number of aromatic carboxylic acids is 1. The Balaban J connectivity index is 2.10. The zero-order valence-electron chi connectivity index (χ0n) is 25.7. The maximum atomic E-state index is 12.6. The number of anilines is 1. The van der Waals surface area contributed by atoms with Crippen molar-refractivity contribution in [3.63, 3.8) is 0 Å². The zero-order valence-corrected chi connectivity index (χ0v) is 26.5. The van der Waals surface area contributed by atoms with Crippen LogP contribution in [-0.4, -0.2) is 45.7 Å². The molecule has 1 aromatic rings. The van der Waals surface area contributed by atoms with Crippen LogP contribution in [0.15, 0.2) is 79.0 Å². The number of amides is 1. The normalized spacial score (nSPS) is 12.7. The Bertz CT molecular complexity index is 1110. The van der Waals surface area contributed by atoms with Crippen LogP contribution in [0, 0.1) is 0 Å². The van der Waals surface area contributed by atoms with E-state index in [0.717, 1.165) is 69.6 Å². The van der Waals surface area contributed by atoms with Gasteiger partial charge in [0.1, 0.15) is 17.1 Å². The molecule has 0 aliphatic heterocycles. The van der Waals surface area contributed by atoms with Crippen LogP contribution in [0.4, 0.5) is 10.5 Å². The van der Waals surface area contributed by atoms with Gasteiger partial charge in [0, 0.05) is 12.1 Å². The first-order chi connectivity index (χ1) is 20.9. The van der Waals surface area contributed by atoms with Gasteiger partial charge < -0.3 is 14.9 Å². The Labute approximate surface area is 261 Å². The highest BCUT2D eigenvalue weighted by Crippen LogP contribution is 2.22. The third kappa shape index (κ3) is 19.3. The molecular weight excluding hydrogens is 562 g/mol. The molecule has 0 saturated carbocycles. The molecule has 1 aromatic carbocycles. The van der Waals surface area contributed by atoms with Crippen molar-refractivity contribution in [1.29, 1.82) is 0 Å². The van der Waals surface area contributed by atoms with Crippen molar-refractivity contribution in [2.24, 2.45) is 0 Å². The fourth-order valence-corrected chi connectivity index (χ4v) is 5.10. The lowest BCUT2D eigenvalue weighted by Gasteiger charge is -2.13. The van der Waals surface area contributed by atoms with Crippen molar-refractivity contribution in [3.8, 4) is 5.75 Å². The number of hydrogen-bond donors (Lipinski definition) is 3. The first-order valence-corrected chi connectivity index (χ1v) is 16.3. The van der Waals surface area contributed by atoms with E-state index < -0.39 is 17.8 Å². The lowest BCUT2D eigenvalue weighted by molar-refractivity contribution is -0.118. The third-order valence-corrected chi connectivity index (χ3v) is 7.77. The van der Waals surface area contributed by atoms with E-state index in [1.807, 2.05) is 6.92 Å². The molecule has 1 rings (SSSR count). The second-order valence-electron chi connectivity index (χ2n) is 9.84. The highest BCUT2D eigenvalue weighted by Gasteiger charge is 2.17. The SMILES string of the molecule is CC/C=C\C/C=C\C/C=C\C/C=C\C/C=C\CCCCS[C@@H](CC)C(=O)CCCOC(=O)Nc1ccc(O)c(C(=O)O)c1. The van der Waals surface area contributed by atoms with E-state index in [1.165, 1.54) is 12.1 Å². The van der Waals surface area contributed by atoms with Crippen LogP contribution in [0.25, 0.3) is 0 Å². The summed E-state index contributed by atoms with van der Waals surface area (Å²) in [4.78, 5) is 35.6. The summed E-state index contributed by atoms with van der Waals surface area (Å²) in [7, 11) is 0. The smallest absolute Gasteiger partial charge is 0.411 e. The van der Waals surface area contributed by atoms with Gasteiger partial charge in [0.2, 0.25) is 0 Å². The number of Topliss-reactive ketones (excluding diaryl/α,β-unsaturated/α-hetero) is 1. The number of benzene rings is 1. The van der Waals surface area contributed by atoms with E-state index in [1.54, 1.807) is 11.8 Å². The average molecular weight is 612 g/mol. The van der Waals surface area contributed by atoms with E-state index in [9.17, 15) is 19.5 Å². The van der Waals surface area contributed by atoms with Crippen LogP contribution < -0.4 is 5.32 Å². The van der Waals surface area contributed by atoms with E-state index >= 15 is 0 Å². The minimum absolute atomic E-state index is 0.0473. The maximum absolute atomic E-state index is 12.6. The topological polar surface area (TPSA) is 113 Å². The summed E-state index contributed by atoms with van der Waals surface area (Å²) in [6, 6.07) is 3.71. The van der Waals surface area contributed by atoms with E-state index in [-0.39, 0.29) is 28.9 Å². The number of carboxylic acids is 1. The van der Waals surface area contributed by atoms with Crippen LogP contribution in [0.5, 0.6) is 5.75 Å². The molecule has 8 heteroatoms. The zero-order chi connectivity index (χ0) is 31.5. The van der Waals surface area contributed by atoms with Gasteiger partial charge in [0.15, 0.2) is 0 Å². The van der Waals surface area contributed by atoms with Crippen molar-refractivity contribution < 1.29 is 29.3 Å². The number of hydrogen-bond acceptors (Lipinski definition) is 6. The number of carbonyl (C=O) groups is 3. The predicted octanol–water partition coefficient (Wildman–Crippen LogP) is 9.42. The highest BCUT2D eigenvalue weighted by atomic mass is 32.2. The fraction of sp³-hybridized carbons (Fsp3) is 0.457. The average Bonchev–Trinajstić information content (AvgIpc) is 2.99. The molecule has 0 unspecified atom stereocenters. The molecule has 0 saturated heterocycles. The molecule has 0 aliphatic carbocycles. The maximum Gasteiger partial charge on any atom is 0.411 e. The molecule has 1 atom stereocenters. The number of rotatable bonds is 23. The number of ketones is 1. The molecule has 0 bridgehead atoms. The van der Waals surface area contributed by atoms with Gasteiger partial charge in [0.05, 0.1) is 11.9 Å². The Morgan fingerprint density at radius 1 is 0.860 bits per heavy atom. The number of nitrogens with one attached hydrogen (secondary N) is 1. The van der Waals surface area contributed by atoms with Gasteiger partial charge in [-0.25, -0.2) is 9.59 Å².